The molecule has 0 spiro atoms. The maximum atomic E-state index is 11.6. The largest absolute Gasteiger partial charge is 0.339 e. The summed E-state index contributed by atoms with van der Waals surface area (Å²) < 4.78 is 0. The number of fused-ring (bicyclic) bond motifs is 1. The Balaban J connectivity index is 1.89. The van der Waals surface area contributed by atoms with E-state index in [1.807, 2.05) is 4.90 Å². The van der Waals surface area contributed by atoms with Crippen LogP contribution in [-0.2, 0) is 4.79 Å². The Bertz CT molecular complexity index is 238. The molecule has 2 N–H and O–H groups in total. The van der Waals surface area contributed by atoms with Gasteiger partial charge in [0.2, 0.25) is 5.91 Å². The standard InChI is InChI=1S/C11H18N2O/c12-6-2-5-11(14)13-7-9-3-1-4-10(9)8-13/h2,5,9-10H,1,3-4,6-8,12H2/b5-2+. The van der Waals surface area contributed by atoms with Crippen molar-refractivity contribution in [3.8, 4) is 0 Å². The summed E-state index contributed by atoms with van der Waals surface area (Å²) >= 11 is 0. The molecule has 2 atom stereocenters. The minimum Gasteiger partial charge on any atom is -0.339 e. The Morgan fingerprint density at radius 3 is 2.57 bits per heavy atom. The smallest absolute Gasteiger partial charge is 0.246 e. The van der Waals surface area contributed by atoms with E-state index in [1.54, 1.807) is 12.2 Å². The molecule has 1 amide bonds. The van der Waals surface area contributed by atoms with Gasteiger partial charge in [0, 0.05) is 25.7 Å². The average molecular weight is 194 g/mol. The molecular weight excluding hydrogens is 176 g/mol. The molecule has 0 aromatic heterocycles. The lowest BCUT2D eigenvalue weighted by Crippen LogP contribution is -2.27. The van der Waals surface area contributed by atoms with Gasteiger partial charge in [-0.1, -0.05) is 12.5 Å². The number of hydrogen-bond donors (Lipinski definition) is 1. The highest BCUT2D eigenvalue weighted by molar-refractivity contribution is 5.87. The minimum absolute atomic E-state index is 0.143. The molecule has 2 rings (SSSR count). The van der Waals surface area contributed by atoms with Gasteiger partial charge in [0.05, 0.1) is 0 Å². The first-order valence-electron chi connectivity index (χ1n) is 5.47. The van der Waals surface area contributed by atoms with Gasteiger partial charge in [0.25, 0.3) is 0 Å². The van der Waals surface area contributed by atoms with Gasteiger partial charge in [0.1, 0.15) is 0 Å². The Hall–Kier alpha value is -0.830. The van der Waals surface area contributed by atoms with Gasteiger partial charge < -0.3 is 10.6 Å². The van der Waals surface area contributed by atoms with E-state index in [9.17, 15) is 4.79 Å². The van der Waals surface area contributed by atoms with Crippen LogP contribution in [0.1, 0.15) is 19.3 Å². The van der Waals surface area contributed by atoms with E-state index < -0.39 is 0 Å². The second-order valence-corrected chi connectivity index (χ2v) is 4.33. The quantitative estimate of drug-likeness (QED) is 0.660. The number of nitrogens with two attached hydrogens (primary N) is 1. The number of amides is 1. The predicted molar refractivity (Wildman–Crippen MR) is 55.6 cm³/mol. The summed E-state index contributed by atoms with van der Waals surface area (Å²) in [6, 6.07) is 0. The zero-order valence-corrected chi connectivity index (χ0v) is 8.48. The summed E-state index contributed by atoms with van der Waals surface area (Å²) in [5, 5.41) is 0. The highest BCUT2D eigenvalue weighted by Crippen LogP contribution is 2.37. The Labute approximate surface area is 84.9 Å². The van der Waals surface area contributed by atoms with Crippen LogP contribution in [-0.4, -0.2) is 30.4 Å². The first-order chi connectivity index (χ1) is 6.81. The first-order valence-corrected chi connectivity index (χ1v) is 5.47. The van der Waals surface area contributed by atoms with Crippen LogP contribution in [0.5, 0.6) is 0 Å². The molecule has 14 heavy (non-hydrogen) atoms. The maximum absolute atomic E-state index is 11.6. The molecule has 2 unspecified atom stereocenters. The molecule has 2 fully saturated rings. The van der Waals surface area contributed by atoms with Gasteiger partial charge in [-0.3, -0.25) is 4.79 Å². The van der Waals surface area contributed by atoms with Crippen LogP contribution < -0.4 is 5.73 Å². The van der Waals surface area contributed by atoms with Crippen LogP contribution in [0.3, 0.4) is 0 Å². The second kappa shape index (κ2) is 4.13. The lowest BCUT2D eigenvalue weighted by Gasteiger charge is -2.14. The molecule has 1 aliphatic heterocycles. The fourth-order valence-corrected chi connectivity index (χ4v) is 2.69. The number of likely N-dealkylation sites (tertiary alicyclic amines) is 1. The molecule has 1 aliphatic carbocycles. The van der Waals surface area contributed by atoms with Gasteiger partial charge in [-0.05, 0) is 24.7 Å². The summed E-state index contributed by atoms with van der Waals surface area (Å²) in [4.78, 5) is 13.6. The van der Waals surface area contributed by atoms with Crippen molar-refractivity contribution >= 4 is 5.91 Å². The summed E-state index contributed by atoms with van der Waals surface area (Å²) in [5.41, 5.74) is 5.31. The van der Waals surface area contributed by atoms with E-state index >= 15 is 0 Å². The van der Waals surface area contributed by atoms with Gasteiger partial charge >= 0.3 is 0 Å². The number of hydrogen-bond acceptors (Lipinski definition) is 2. The molecule has 3 heteroatoms. The third kappa shape index (κ3) is 1.82. The van der Waals surface area contributed by atoms with Crippen LogP contribution in [0.15, 0.2) is 12.2 Å². The minimum atomic E-state index is 0.143. The molecule has 0 aromatic carbocycles. The van der Waals surface area contributed by atoms with Crippen molar-refractivity contribution < 1.29 is 4.79 Å². The van der Waals surface area contributed by atoms with E-state index in [-0.39, 0.29) is 5.91 Å². The van der Waals surface area contributed by atoms with Gasteiger partial charge in [0.15, 0.2) is 0 Å². The van der Waals surface area contributed by atoms with Gasteiger partial charge in [-0.2, -0.15) is 0 Å². The van der Waals surface area contributed by atoms with E-state index in [0.29, 0.717) is 6.54 Å². The molecular formula is C11H18N2O. The van der Waals surface area contributed by atoms with Crippen LogP contribution in [0, 0.1) is 11.8 Å². The van der Waals surface area contributed by atoms with Crippen molar-refractivity contribution in [1.29, 1.82) is 0 Å². The Morgan fingerprint density at radius 1 is 1.36 bits per heavy atom. The van der Waals surface area contributed by atoms with Crippen molar-refractivity contribution in [1.82, 2.24) is 4.90 Å². The van der Waals surface area contributed by atoms with E-state index in [0.717, 1.165) is 24.9 Å². The number of carbonyl (C=O) groups is 1. The monoisotopic (exact) mass is 194 g/mol. The zero-order chi connectivity index (χ0) is 9.97. The normalized spacial score (nSPS) is 31.4. The van der Waals surface area contributed by atoms with Crippen LogP contribution in [0.2, 0.25) is 0 Å². The Kier molecular flexibility index (Phi) is 2.87. The highest BCUT2D eigenvalue weighted by Gasteiger charge is 2.37. The number of rotatable bonds is 2. The molecule has 3 nitrogen and oxygen atoms in total. The van der Waals surface area contributed by atoms with Crippen molar-refractivity contribution in [2.45, 2.75) is 19.3 Å². The number of nitrogens with zero attached hydrogens (tertiary/aromatic N) is 1. The maximum Gasteiger partial charge on any atom is 0.246 e. The highest BCUT2D eigenvalue weighted by atomic mass is 16.2. The molecule has 0 radical (unpaired) electrons. The summed E-state index contributed by atoms with van der Waals surface area (Å²) in [5.74, 6) is 1.71. The third-order valence-electron chi connectivity index (χ3n) is 3.43. The second-order valence-electron chi connectivity index (χ2n) is 4.33. The molecule has 1 saturated heterocycles. The summed E-state index contributed by atoms with van der Waals surface area (Å²) in [6.45, 7) is 2.39. The van der Waals surface area contributed by atoms with Crippen molar-refractivity contribution in [2.75, 3.05) is 19.6 Å². The summed E-state index contributed by atoms with van der Waals surface area (Å²) in [6.07, 6.45) is 7.33. The molecule has 2 aliphatic rings. The first kappa shape index (κ1) is 9.71. The number of carbonyl (C=O) groups excluding carboxylic acids is 1. The lowest BCUT2D eigenvalue weighted by molar-refractivity contribution is -0.125. The van der Waals surface area contributed by atoms with E-state index in [4.69, 9.17) is 5.73 Å². The lowest BCUT2D eigenvalue weighted by atomic mass is 10.0. The molecule has 0 aromatic rings. The van der Waals surface area contributed by atoms with Crippen LogP contribution in [0.25, 0.3) is 0 Å². The topological polar surface area (TPSA) is 46.3 Å². The van der Waals surface area contributed by atoms with Crippen molar-refractivity contribution in [3.05, 3.63) is 12.2 Å². The van der Waals surface area contributed by atoms with Gasteiger partial charge in [-0.15, -0.1) is 0 Å². The third-order valence-corrected chi connectivity index (χ3v) is 3.43. The summed E-state index contributed by atoms with van der Waals surface area (Å²) in [7, 11) is 0. The molecule has 78 valence electrons. The van der Waals surface area contributed by atoms with Crippen molar-refractivity contribution in [3.63, 3.8) is 0 Å². The zero-order valence-electron chi connectivity index (χ0n) is 8.48. The van der Waals surface area contributed by atoms with Crippen LogP contribution >= 0.6 is 0 Å². The SMILES string of the molecule is NC/C=C/C(=O)N1CC2CCCC2C1. The van der Waals surface area contributed by atoms with E-state index in [1.165, 1.54) is 19.3 Å². The molecule has 1 heterocycles. The molecule has 1 saturated carbocycles. The fourth-order valence-electron chi connectivity index (χ4n) is 2.69. The van der Waals surface area contributed by atoms with Gasteiger partial charge in [-0.25, -0.2) is 0 Å². The van der Waals surface area contributed by atoms with Crippen LogP contribution in [0.4, 0.5) is 0 Å². The predicted octanol–water partition coefficient (Wildman–Crippen LogP) is 0.760. The Morgan fingerprint density at radius 2 is 2.00 bits per heavy atom. The van der Waals surface area contributed by atoms with E-state index in [2.05, 4.69) is 0 Å². The average Bonchev–Trinajstić information content (AvgIpc) is 2.72. The fraction of sp³-hybridized carbons (Fsp3) is 0.727. The molecule has 0 bridgehead atoms. The van der Waals surface area contributed by atoms with Crippen molar-refractivity contribution in [2.24, 2.45) is 17.6 Å².